The van der Waals surface area contributed by atoms with E-state index < -0.39 is 0 Å². The second-order valence-electron chi connectivity index (χ2n) is 5.31. The van der Waals surface area contributed by atoms with Crippen LogP contribution in [-0.2, 0) is 0 Å². The van der Waals surface area contributed by atoms with Gasteiger partial charge >= 0.3 is 0 Å². The van der Waals surface area contributed by atoms with Crippen LogP contribution >= 0.6 is 11.3 Å². The maximum absolute atomic E-state index is 12.4. The Morgan fingerprint density at radius 1 is 1.27 bits per heavy atom. The summed E-state index contributed by atoms with van der Waals surface area (Å²) in [5.74, 6) is 1.62. The molecule has 0 bridgehead atoms. The third kappa shape index (κ3) is 2.92. The number of nitrogens with one attached hydrogen (secondary N) is 1. The number of nitrogens with zero attached hydrogens (tertiary/aromatic N) is 1. The number of aromatic nitrogens is 1. The Bertz CT molecular complexity index is 682. The van der Waals surface area contributed by atoms with Crippen LogP contribution in [0.2, 0.25) is 0 Å². The summed E-state index contributed by atoms with van der Waals surface area (Å²) >= 11 is 1.46. The highest BCUT2D eigenvalue weighted by molar-refractivity contribution is 7.14. The summed E-state index contributed by atoms with van der Waals surface area (Å²) < 4.78 is 10.6. The van der Waals surface area contributed by atoms with Gasteiger partial charge in [-0.1, -0.05) is 0 Å². The second-order valence-corrected chi connectivity index (χ2v) is 6.17. The first-order chi connectivity index (χ1) is 10.6. The molecule has 1 amide bonds. The monoisotopic (exact) mass is 318 g/mol. The third-order valence-electron chi connectivity index (χ3n) is 3.75. The molecular weight excluding hydrogens is 300 g/mol. The van der Waals surface area contributed by atoms with E-state index >= 15 is 0 Å². The highest BCUT2D eigenvalue weighted by Gasteiger charge is 2.26. The molecule has 22 heavy (non-hydrogen) atoms. The van der Waals surface area contributed by atoms with E-state index in [9.17, 15) is 4.79 Å². The molecule has 1 aliphatic carbocycles. The number of carbonyl (C=O) groups is 1. The Morgan fingerprint density at radius 3 is 2.45 bits per heavy atom. The Hall–Kier alpha value is -2.08. The second kappa shape index (κ2) is 5.96. The van der Waals surface area contributed by atoms with Crippen LogP contribution in [0.4, 0.5) is 5.13 Å². The van der Waals surface area contributed by atoms with Crippen LogP contribution in [0.15, 0.2) is 17.5 Å². The first-order valence-corrected chi connectivity index (χ1v) is 7.99. The van der Waals surface area contributed by atoms with E-state index in [1.165, 1.54) is 24.2 Å². The number of rotatable bonds is 5. The van der Waals surface area contributed by atoms with Gasteiger partial charge in [-0.3, -0.25) is 10.1 Å². The number of amides is 1. The smallest absolute Gasteiger partial charge is 0.257 e. The number of hydrogen-bond donors (Lipinski definition) is 1. The van der Waals surface area contributed by atoms with Crippen LogP contribution in [0.5, 0.6) is 11.5 Å². The minimum atomic E-state index is -0.215. The standard InChI is InChI=1S/C16H18N2O3S/c1-9-13(20-2)6-11(7-14(9)21-3)15(19)18-16-17-12(8-22-16)10-4-5-10/h6-8,10H,4-5H2,1-3H3,(H,17,18,19). The largest absolute Gasteiger partial charge is 0.496 e. The molecule has 0 saturated heterocycles. The first-order valence-electron chi connectivity index (χ1n) is 7.11. The number of carbonyl (C=O) groups excluding carboxylic acids is 1. The van der Waals surface area contributed by atoms with Gasteiger partial charge in [0.1, 0.15) is 11.5 Å². The number of ether oxygens (including phenoxy) is 2. The maximum Gasteiger partial charge on any atom is 0.257 e. The van der Waals surface area contributed by atoms with Crippen molar-refractivity contribution in [2.24, 2.45) is 0 Å². The lowest BCUT2D eigenvalue weighted by atomic mass is 10.1. The van der Waals surface area contributed by atoms with Crippen molar-refractivity contribution < 1.29 is 14.3 Å². The van der Waals surface area contributed by atoms with Crippen molar-refractivity contribution in [3.63, 3.8) is 0 Å². The Kier molecular flexibility index (Phi) is 4.02. The SMILES string of the molecule is COc1cc(C(=O)Nc2nc(C3CC3)cs2)cc(OC)c1C. The average molecular weight is 318 g/mol. The number of thiazole rings is 1. The number of methoxy groups -OCH3 is 2. The molecule has 1 saturated carbocycles. The maximum atomic E-state index is 12.4. The van der Waals surface area contributed by atoms with Crippen LogP contribution < -0.4 is 14.8 Å². The van der Waals surface area contributed by atoms with E-state index in [0.717, 1.165) is 11.3 Å². The van der Waals surface area contributed by atoms with Gasteiger partial charge in [-0.25, -0.2) is 4.98 Å². The van der Waals surface area contributed by atoms with Crippen LogP contribution in [0, 0.1) is 6.92 Å². The zero-order chi connectivity index (χ0) is 15.7. The highest BCUT2D eigenvalue weighted by Crippen LogP contribution is 2.41. The van der Waals surface area contributed by atoms with Crippen LogP contribution in [0.3, 0.4) is 0 Å². The van der Waals surface area contributed by atoms with E-state index in [1.54, 1.807) is 26.4 Å². The summed E-state index contributed by atoms with van der Waals surface area (Å²) in [6.07, 6.45) is 2.40. The van der Waals surface area contributed by atoms with Gasteiger partial charge < -0.3 is 9.47 Å². The number of benzene rings is 1. The predicted molar refractivity (Wildman–Crippen MR) is 86.3 cm³/mol. The van der Waals surface area contributed by atoms with Crippen molar-refractivity contribution in [1.29, 1.82) is 0 Å². The van der Waals surface area contributed by atoms with Crippen LogP contribution in [0.1, 0.15) is 40.4 Å². The lowest BCUT2D eigenvalue weighted by Crippen LogP contribution is -2.12. The van der Waals surface area contributed by atoms with Gasteiger partial charge in [0.05, 0.1) is 19.9 Å². The van der Waals surface area contributed by atoms with Gasteiger partial charge in [0.2, 0.25) is 0 Å². The molecule has 0 radical (unpaired) electrons. The molecule has 1 aromatic heterocycles. The van der Waals surface area contributed by atoms with E-state index in [4.69, 9.17) is 9.47 Å². The van der Waals surface area contributed by atoms with Gasteiger partial charge in [0.25, 0.3) is 5.91 Å². The summed E-state index contributed by atoms with van der Waals surface area (Å²) in [5, 5.41) is 5.49. The normalized spacial score (nSPS) is 13.8. The average Bonchev–Trinajstić information content (AvgIpc) is 3.27. The zero-order valence-electron chi connectivity index (χ0n) is 12.8. The quantitative estimate of drug-likeness (QED) is 0.915. The minimum Gasteiger partial charge on any atom is -0.496 e. The lowest BCUT2D eigenvalue weighted by Gasteiger charge is -2.12. The first kappa shape index (κ1) is 14.8. The van der Waals surface area contributed by atoms with Gasteiger partial charge in [-0.2, -0.15) is 0 Å². The van der Waals surface area contributed by atoms with Gasteiger partial charge in [-0.05, 0) is 31.9 Å². The summed E-state index contributed by atoms with van der Waals surface area (Å²) in [7, 11) is 3.15. The molecule has 0 unspecified atom stereocenters. The molecule has 1 heterocycles. The van der Waals surface area contributed by atoms with Gasteiger partial charge in [-0.15, -0.1) is 11.3 Å². The molecule has 6 heteroatoms. The molecule has 0 atom stereocenters. The third-order valence-corrected chi connectivity index (χ3v) is 4.53. The van der Waals surface area contributed by atoms with Crippen molar-refractivity contribution in [1.82, 2.24) is 4.98 Å². The van der Waals surface area contributed by atoms with Crippen molar-refractivity contribution in [2.75, 3.05) is 19.5 Å². The van der Waals surface area contributed by atoms with E-state index in [0.29, 0.717) is 28.1 Å². The summed E-state index contributed by atoms with van der Waals surface area (Å²) in [6, 6.07) is 3.42. The van der Waals surface area contributed by atoms with Crippen LogP contribution in [0.25, 0.3) is 0 Å². The van der Waals surface area contributed by atoms with Crippen LogP contribution in [-0.4, -0.2) is 25.1 Å². The molecule has 0 spiro atoms. The van der Waals surface area contributed by atoms with E-state index in [1.807, 2.05) is 12.3 Å². The fourth-order valence-corrected chi connectivity index (χ4v) is 3.08. The minimum absolute atomic E-state index is 0.215. The summed E-state index contributed by atoms with van der Waals surface area (Å²) in [6.45, 7) is 1.89. The molecular formula is C16H18N2O3S. The fourth-order valence-electron chi connectivity index (χ4n) is 2.30. The summed E-state index contributed by atoms with van der Waals surface area (Å²) in [5.41, 5.74) is 2.44. The zero-order valence-corrected chi connectivity index (χ0v) is 13.6. The molecule has 0 aliphatic heterocycles. The van der Waals surface area contributed by atoms with Crippen molar-refractivity contribution in [3.05, 3.63) is 34.3 Å². The molecule has 2 aromatic rings. The molecule has 1 fully saturated rings. The van der Waals surface area contributed by atoms with Crippen molar-refractivity contribution in [2.45, 2.75) is 25.7 Å². The number of hydrogen-bond acceptors (Lipinski definition) is 5. The lowest BCUT2D eigenvalue weighted by molar-refractivity contribution is 0.102. The van der Waals surface area contributed by atoms with E-state index in [2.05, 4.69) is 10.3 Å². The summed E-state index contributed by atoms with van der Waals surface area (Å²) in [4.78, 5) is 16.9. The molecule has 1 aliphatic rings. The van der Waals surface area contributed by atoms with Crippen molar-refractivity contribution >= 4 is 22.4 Å². The highest BCUT2D eigenvalue weighted by atomic mass is 32.1. The Morgan fingerprint density at radius 2 is 1.91 bits per heavy atom. The molecule has 3 rings (SSSR count). The molecule has 5 nitrogen and oxygen atoms in total. The topological polar surface area (TPSA) is 60.5 Å². The molecule has 116 valence electrons. The molecule has 1 aromatic carbocycles. The van der Waals surface area contributed by atoms with Crippen molar-refractivity contribution in [3.8, 4) is 11.5 Å². The fraction of sp³-hybridized carbons (Fsp3) is 0.375. The molecule has 1 N–H and O–H groups in total. The Balaban J connectivity index is 1.81. The Labute approximate surface area is 133 Å². The number of anilines is 1. The van der Waals surface area contributed by atoms with E-state index in [-0.39, 0.29) is 5.91 Å². The van der Waals surface area contributed by atoms with Gasteiger partial charge in [0.15, 0.2) is 5.13 Å². The van der Waals surface area contributed by atoms with Gasteiger partial charge in [0, 0.05) is 22.4 Å². The predicted octanol–water partition coefficient (Wildman–Crippen LogP) is 3.60.